The van der Waals surface area contributed by atoms with Crippen LogP contribution in [0.15, 0.2) is 24.3 Å². The Morgan fingerprint density at radius 3 is 1.80 bits per heavy atom. The molecule has 0 saturated heterocycles. The van der Waals surface area contributed by atoms with Gasteiger partial charge in [-0.25, -0.2) is 0 Å². The number of ether oxygens (including phenoxy) is 4. The molecule has 0 saturated carbocycles. The molecule has 0 spiro atoms. The number of aromatic hydroxyl groups is 1. The summed E-state index contributed by atoms with van der Waals surface area (Å²) in [5.74, 6) is 0.0523. The zero-order valence-corrected chi connectivity index (χ0v) is 22.5. The van der Waals surface area contributed by atoms with Gasteiger partial charge in [-0.3, -0.25) is 0 Å². The maximum Gasteiger partial charge on any atom is 1.00 e. The van der Waals surface area contributed by atoms with Crippen molar-refractivity contribution in [2.45, 2.75) is 0 Å². The van der Waals surface area contributed by atoms with E-state index < -0.39 is 19.3 Å². The van der Waals surface area contributed by atoms with Crippen LogP contribution in [0.25, 0.3) is 12.2 Å². The van der Waals surface area contributed by atoms with Gasteiger partial charge >= 0.3 is 59.1 Å². The number of hydrogen-bond donors (Lipinski definition) is 1. The minimum atomic E-state index is -5.41. The second-order valence-electron chi connectivity index (χ2n) is 5.37. The van der Waals surface area contributed by atoms with E-state index in [0.717, 1.165) is 0 Å². The fourth-order valence-electron chi connectivity index (χ4n) is 2.46. The van der Waals surface area contributed by atoms with Crippen molar-refractivity contribution in [1.82, 2.24) is 0 Å². The molecule has 30 heavy (non-hydrogen) atoms. The molecular weight excluding hydrogens is 437 g/mol. The normalized spacial score (nSPS) is 10.6. The van der Waals surface area contributed by atoms with Gasteiger partial charge < -0.3 is 42.9 Å². The molecule has 0 aliphatic carbocycles. The average Bonchev–Trinajstić information content (AvgIpc) is 2.66. The number of methoxy groups -OCH3 is 4. The summed E-state index contributed by atoms with van der Waals surface area (Å²) in [4.78, 5) is 22.1. The quantitative estimate of drug-likeness (QED) is 0.239. The molecule has 0 aliphatic heterocycles. The topological polar surface area (TPSA) is 130 Å². The van der Waals surface area contributed by atoms with Gasteiger partial charge in [-0.05, 0) is 29.8 Å². The van der Waals surface area contributed by atoms with Crippen LogP contribution < -0.4 is 92.4 Å². The molecule has 0 bridgehead atoms. The third kappa shape index (κ3) is 7.37. The van der Waals surface area contributed by atoms with Crippen LogP contribution in [-0.4, -0.2) is 33.5 Å². The van der Waals surface area contributed by atoms with Gasteiger partial charge in [0.05, 0.1) is 28.4 Å². The molecule has 0 heterocycles. The number of benzene rings is 2. The van der Waals surface area contributed by atoms with Crippen molar-refractivity contribution in [3.63, 3.8) is 0 Å². The second-order valence-corrected chi connectivity index (χ2v) is 6.44. The molecule has 12 heteroatoms. The number of phenolic OH excluding ortho intramolecular Hbond substituents is 1. The van der Waals surface area contributed by atoms with E-state index in [1.54, 1.807) is 18.2 Å². The summed E-state index contributed by atoms with van der Waals surface area (Å²) in [6.07, 6.45) is 3.03. The van der Waals surface area contributed by atoms with E-state index in [2.05, 4.69) is 4.52 Å². The van der Waals surface area contributed by atoms with Gasteiger partial charge in [0.25, 0.3) is 0 Å². The molecule has 0 aromatic heterocycles. The van der Waals surface area contributed by atoms with E-state index in [-0.39, 0.29) is 70.4 Å². The number of hydrogen-bond acceptors (Lipinski definition) is 9. The molecule has 0 unspecified atom stereocenters. The van der Waals surface area contributed by atoms with Crippen molar-refractivity contribution in [1.29, 1.82) is 0 Å². The summed E-state index contributed by atoms with van der Waals surface area (Å²) in [6.45, 7) is 0. The first-order chi connectivity index (χ1) is 13.2. The number of phosphoric ester groups is 1. The first-order valence-electron chi connectivity index (χ1n) is 7.83. The minimum Gasteiger partial charge on any atom is -0.780 e. The van der Waals surface area contributed by atoms with Crippen molar-refractivity contribution < 1.29 is 102 Å². The summed E-state index contributed by atoms with van der Waals surface area (Å²) in [6, 6.07) is 6.15. The SMILES string of the molecule is COc1ccc(/C=C\c2cc(OC)c(OC)c(OC)c2)c(OP(=O)([O-])[O-])c1O.[Na+].[Na+]. The average molecular weight is 456 g/mol. The minimum absolute atomic E-state index is 0. The third-order valence-corrected chi connectivity index (χ3v) is 4.10. The summed E-state index contributed by atoms with van der Waals surface area (Å²) in [5, 5.41) is 10.1. The molecule has 1 N–H and O–H groups in total. The molecule has 9 nitrogen and oxygen atoms in total. The Hall–Kier alpha value is -0.870. The predicted octanol–water partition coefficient (Wildman–Crippen LogP) is -4.19. The molecule has 0 aliphatic rings. The van der Waals surface area contributed by atoms with Crippen LogP contribution in [0.3, 0.4) is 0 Å². The Morgan fingerprint density at radius 2 is 1.37 bits per heavy atom. The molecule has 0 fully saturated rings. The third-order valence-electron chi connectivity index (χ3n) is 3.69. The van der Waals surface area contributed by atoms with Crippen molar-refractivity contribution in [2.75, 3.05) is 28.4 Å². The van der Waals surface area contributed by atoms with Gasteiger partial charge in [0.15, 0.2) is 23.0 Å². The number of rotatable bonds is 8. The first kappa shape index (κ1) is 29.1. The fraction of sp³-hybridized carbons (Fsp3) is 0.222. The van der Waals surface area contributed by atoms with Gasteiger partial charge in [0.1, 0.15) is 7.82 Å². The van der Waals surface area contributed by atoms with Crippen LogP contribution in [0.4, 0.5) is 0 Å². The summed E-state index contributed by atoms with van der Waals surface area (Å²) < 4.78 is 36.2. The summed E-state index contributed by atoms with van der Waals surface area (Å²) in [7, 11) is 0.283. The fourth-order valence-corrected chi connectivity index (χ4v) is 2.87. The van der Waals surface area contributed by atoms with E-state index in [0.29, 0.717) is 22.8 Å². The number of phenols is 1. The Bertz CT molecular complexity index is 903. The Balaban J connectivity index is 0.00000420. The molecule has 2 aromatic carbocycles. The summed E-state index contributed by atoms with van der Waals surface area (Å²) in [5.41, 5.74) is 0.752. The number of phosphoric acid groups is 1. The van der Waals surface area contributed by atoms with Crippen LogP contribution in [0, 0.1) is 0 Å². The van der Waals surface area contributed by atoms with Crippen LogP contribution in [0.5, 0.6) is 34.5 Å². The van der Waals surface area contributed by atoms with E-state index in [1.165, 1.54) is 46.6 Å². The van der Waals surface area contributed by atoms with Crippen molar-refractivity contribution in [3.05, 3.63) is 35.4 Å². The zero-order valence-electron chi connectivity index (χ0n) is 17.6. The van der Waals surface area contributed by atoms with Crippen LogP contribution >= 0.6 is 7.82 Å². The van der Waals surface area contributed by atoms with Crippen molar-refractivity contribution >= 4 is 20.0 Å². The largest absolute Gasteiger partial charge is 1.00 e. The predicted molar refractivity (Wildman–Crippen MR) is 97.9 cm³/mol. The van der Waals surface area contributed by atoms with Gasteiger partial charge in [0.2, 0.25) is 11.5 Å². The Morgan fingerprint density at radius 1 is 0.833 bits per heavy atom. The Kier molecular flexibility index (Phi) is 12.5. The first-order valence-corrected chi connectivity index (χ1v) is 9.29. The maximum absolute atomic E-state index is 11.0. The standard InChI is InChI=1S/C18H21O9P.2Na/c1-23-13-8-7-12(17(16(13)19)27-28(20,21)22)6-5-11-9-14(24-2)18(26-4)15(10-11)25-3;;/h5-10,19H,1-4H3,(H2,20,21,22);;/q;2*+1/p-2/b6-5-;;. The van der Waals surface area contributed by atoms with Crippen LogP contribution in [-0.2, 0) is 4.57 Å². The van der Waals surface area contributed by atoms with Crippen molar-refractivity contribution in [2.24, 2.45) is 0 Å². The summed E-state index contributed by atoms with van der Waals surface area (Å²) >= 11 is 0. The second kappa shape index (κ2) is 12.9. The molecule has 2 aromatic rings. The molecule has 2 rings (SSSR count). The molecule has 0 radical (unpaired) electrons. The van der Waals surface area contributed by atoms with E-state index in [9.17, 15) is 19.5 Å². The monoisotopic (exact) mass is 456 g/mol. The maximum atomic E-state index is 11.0. The van der Waals surface area contributed by atoms with Gasteiger partial charge in [-0.2, -0.15) is 0 Å². The van der Waals surface area contributed by atoms with Gasteiger partial charge in [-0.15, -0.1) is 0 Å². The molecule has 0 atom stereocenters. The van der Waals surface area contributed by atoms with E-state index >= 15 is 0 Å². The van der Waals surface area contributed by atoms with E-state index in [1.807, 2.05) is 0 Å². The van der Waals surface area contributed by atoms with Crippen LogP contribution in [0.2, 0.25) is 0 Å². The van der Waals surface area contributed by atoms with Crippen LogP contribution in [0.1, 0.15) is 11.1 Å². The zero-order chi connectivity index (χ0) is 20.9. The molecular formula is C18H19Na2O9P. The van der Waals surface area contributed by atoms with Gasteiger partial charge in [0, 0.05) is 5.56 Å². The Labute approximate surface area is 218 Å². The van der Waals surface area contributed by atoms with Gasteiger partial charge in [-0.1, -0.05) is 12.2 Å². The molecule has 0 amide bonds. The molecule has 152 valence electrons. The van der Waals surface area contributed by atoms with E-state index in [4.69, 9.17) is 18.9 Å². The smallest absolute Gasteiger partial charge is 0.780 e. The van der Waals surface area contributed by atoms with Crippen molar-refractivity contribution in [3.8, 4) is 34.5 Å².